The Bertz CT molecular complexity index is 344. The second-order valence-corrected chi connectivity index (χ2v) is 5.33. The number of rotatable bonds is 9. The van der Waals surface area contributed by atoms with Crippen LogP contribution in [-0.2, 0) is 9.59 Å². The number of hydrogen-bond acceptors (Lipinski definition) is 3. The predicted molar refractivity (Wildman–Crippen MR) is 73.5 cm³/mol. The summed E-state index contributed by atoms with van der Waals surface area (Å²) in [5.74, 6) is -2.04. The molecule has 2 atom stereocenters. The van der Waals surface area contributed by atoms with Gasteiger partial charge in [0.05, 0.1) is 6.42 Å². The molecule has 7 nitrogen and oxygen atoms in total. The molecule has 0 bridgehead atoms. The lowest BCUT2D eigenvalue weighted by Crippen LogP contribution is -2.49. The number of carbonyl (C=O) groups excluding carboxylic acids is 1. The summed E-state index contributed by atoms with van der Waals surface area (Å²) in [5, 5.41) is 22.1. The molecule has 0 aliphatic carbocycles. The lowest BCUT2D eigenvalue weighted by Gasteiger charge is -2.17. The van der Waals surface area contributed by atoms with Crippen LogP contribution in [0.5, 0.6) is 0 Å². The van der Waals surface area contributed by atoms with Gasteiger partial charge in [0.1, 0.15) is 6.04 Å². The van der Waals surface area contributed by atoms with E-state index in [4.69, 9.17) is 10.2 Å². The standard InChI is InChI=1S/C13H24N2O5/c1-8(2)5-4-6-9(3)14-13(20)15-10(12(18)19)7-11(16)17/h8-10H,4-7H2,1-3H3,(H,16,17)(H,18,19)(H2,14,15,20)/t9?,10-/m1/s1. The molecule has 4 N–H and O–H groups in total. The topological polar surface area (TPSA) is 116 Å². The molecule has 2 amide bonds. The van der Waals surface area contributed by atoms with Gasteiger partial charge in [-0.3, -0.25) is 4.79 Å². The minimum Gasteiger partial charge on any atom is -0.481 e. The Hall–Kier alpha value is -1.79. The van der Waals surface area contributed by atoms with Crippen molar-refractivity contribution in [3.63, 3.8) is 0 Å². The number of carbonyl (C=O) groups is 3. The Morgan fingerprint density at radius 3 is 2.05 bits per heavy atom. The van der Waals surface area contributed by atoms with Gasteiger partial charge in [-0.1, -0.05) is 26.7 Å². The average Bonchev–Trinajstić information content (AvgIpc) is 2.26. The van der Waals surface area contributed by atoms with Gasteiger partial charge in [-0.2, -0.15) is 0 Å². The van der Waals surface area contributed by atoms with Gasteiger partial charge in [0.15, 0.2) is 0 Å². The zero-order chi connectivity index (χ0) is 15.7. The predicted octanol–water partition coefficient (Wildman–Crippen LogP) is 1.43. The Morgan fingerprint density at radius 2 is 1.60 bits per heavy atom. The van der Waals surface area contributed by atoms with Gasteiger partial charge < -0.3 is 20.8 Å². The summed E-state index contributed by atoms with van der Waals surface area (Å²) in [4.78, 5) is 32.9. The molecule has 0 saturated carbocycles. The highest BCUT2D eigenvalue weighted by Gasteiger charge is 2.23. The van der Waals surface area contributed by atoms with Crippen LogP contribution in [0, 0.1) is 5.92 Å². The zero-order valence-electron chi connectivity index (χ0n) is 12.2. The first kappa shape index (κ1) is 18.2. The van der Waals surface area contributed by atoms with Crippen LogP contribution in [0.4, 0.5) is 4.79 Å². The third-order valence-corrected chi connectivity index (χ3v) is 2.78. The molecule has 7 heteroatoms. The molecular formula is C13H24N2O5. The van der Waals surface area contributed by atoms with Gasteiger partial charge in [0, 0.05) is 6.04 Å². The summed E-state index contributed by atoms with van der Waals surface area (Å²) in [5.41, 5.74) is 0. The highest BCUT2D eigenvalue weighted by atomic mass is 16.4. The van der Waals surface area contributed by atoms with E-state index in [1.165, 1.54) is 0 Å². The van der Waals surface area contributed by atoms with Gasteiger partial charge >= 0.3 is 18.0 Å². The number of nitrogens with one attached hydrogen (secondary N) is 2. The molecule has 0 heterocycles. The second kappa shape index (κ2) is 9.17. The maximum absolute atomic E-state index is 11.6. The number of carboxylic acid groups (broad SMARTS) is 2. The first-order valence-corrected chi connectivity index (χ1v) is 6.74. The molecule has 0 aromatic rings. The largest absolute Gasteiger partial charge is 0.481 e. The van der Waals surface area contributed by atoms with Crippen molar-refractivity contribution in [1.29, 1.82) is 0 Å². The molecule has 0 rings (SSSR count). The smallest absolute Gasteiger partial charge is 0.326 e. The summed E-state index contributed by atoms with van der Waals surface area (Å²) in [6.45, 7) is 6.06. The Kier molecular flexibility index (Phi) is 8.35. The number of hydrogen-bond donors (Lipinski definition) is 4. The van der Waals surface area contributed by atoms with E-state index in [2.05, 4.69) is 24.5 Å². The molecule has 0 radical (unpaired) electrons. The monoisotopic (exact) mass is 288 g/mol. The third-order valence-electron chi connectivity index (χ3n) is 2.78. The molecule has 20 heavy (non-hydrogen) atoms. The molecule has 0 aliphatic heterocycles. The van der Waals surface area contributed by atoms with Crippen molar-refractivity contribution in [3.8, 4) is 0 Å². The Labute approximate surface area is 118 Å². The van der Waals surface area contributed by atoms with Gasteiger partial charge in [0.25, 0.3) is 0 Å². The van der Waals surface area contributed by atoms with Crippen molar-refractivity contribution in [2.75, 3.05) is 0 Å². The quantitative estimate of drug-likeness (QED) is 0.512. The molecule has 1 unspecified atom stereocenters. The summed E-state index contributed by atoms with van der Waals surface area (Å²) in [7, 11) is 0. The summed E-state index contributed by atoms with van der Waals surface area (Å²) in [6, 6.07) is -2.17. The minimum atomic E-state index is -1.42. The van der Waals surface area contributed by atoms with Crippen molar-refractivity contribution in [3.05, 3.63) is 0 Å². The van der Waals surface area contributed by atoms with Crippen molar-refractivity contribution < 1.29 is 24.6 Å². The van der Waals surface area contributed by atoms with E-state index in [0.717, 1.165) is 19.3 Å². The first-order chi connectivity index (χ1) is 9.22. The molecule has 0 aromatic carbocycles. The van der Waals surface area contributed by atoms with E-state index >= 15 is 0 Å². The second-order valence-electron chi connectivity index (χ2n) is 5.33. The molecule has 0 saturated heterocycles. The van der Waals surface area contributed by atoms with Crippen LogP contribution in [0.2, 0.25) is 0 Å². The van der Waals surface area contributed by atoms with Crippen LogP contribution in [0.1, 0.15) is 46.5 Å². The van der Waals surface area contributed by atoms with Crippen LogP contribution in [0.15, 0.2) is 0 Å². The molecule has 0 aliphatic rings. The normalized spacial score (nSPS) is 13.6. The van der Waals surface area contributed by atoms with Crippen LogP contribution in [0.3, 0.4) is 0 Å². The van der Waals surface area contributed by atoms with Gasteiger partial charge in [-0.05, 0) is 19.3 Å². The van der Waals surface area contributed by atoms with Gasteiger partial charge in [-0.25, -0.2) is 9.59 Å². The lowest BCUT2D eigenvalue weighted by atomic mass is 10.0. The summed E-state index contributed by atoms with van der Waals surface area (Å²) >= 11 is 0. The maximum atomic E-state index is 11.6. The molecule has 0 spiro atoms. The summed E-state index contributed by atoms with van der Waals surface area (Å²) in [6.07, 6.45) is 2.17. The van der Waals surface area contributed by atoms with Crippen LogP contribution in [0.25, 0.3) is 0 Å². The fraction of sp³-hybridized carbons (Fsp3) is 0.769. The summed E-state index contributed by atoms with van der Waals surface area (Å²) < 4.78 is 0. The van der Waals surface area contributed by atoms with E-state index < -0.39 is 30.4 Å². The fourth-order valence-electron chi connectivity index (χ4n) is 1.70. The first-order valence-electron chi connectivity index (χ1n) is 6.74. The zero-order valence-corrected chi connectivity index (χ0v) is 12.2. The van der Waals surface area contributed by atoms with Crippen LogP contribution < -0.4 is 10.6 Å². The van der Waals surface area contributed by atoms with Crippen molar-refractivity contribution in [2.24, 2.45) is 5.92 Å². The highest BCUT2D eigenvalue weighted by Crippen LogP contribution is 2.08. The number of aliphatic carboxylic acids is 2. The number of carboxylic acids is 2. The number of amides is 2. The van der Waals surface area contributed by atoms with Crippen LogP contribution >= 0.6 is 0 Å². The van der Waals surface area contributed by atoms with Crippen molar-refractivity contribution in [1.82, 2.24) is 10.6 Å². The highest BCUT2D eigenvalue weighted by molar-refractivity contribution is 5.86. The SMILES string of the molecule is CC(C)CCCC(C)NC(=O)N[C@H](CC(=O)O)C(=O)O. The van der Waals surface area contributed by atoms with Crippen molar-refractivity contribution >= 4 is 18.0 Å². The Morgan fingerprint density at radius 1 is 1.00 bits per heavy atom. The van der Waals surface area contributed by atoms with Crippen LogP contribution in [-0.4, -0.2) is 40.3 Å². The van der Waals surface area contributed by atoms with E-state index in [0.29, 0.717) is 5.92 Å². The average molecular weight is 288 g/mol. The van der Waals surface area contributed by atoms with E-state index in [1.54, 1.807) is 0 Å². The Balaban J connectivity index is 4.11. The lowest BCUT2D eigenvalue weighted by molar-refractivity contribution is -0.145. The van der Waals surface area contributed by atoms with Gasteiger partial charge in [0.2, 0.25) is 0 Å². The third kappa shape index (κ3) is 9.18. The van der Waals surface area contributed by atoms with E-state index in [-0.39, 0.29) is 6.04 Å². The van der Waals surface area contributed by atoms with E-state index in [9.17, 15) is 14.4 Å². The fourth-order valence-corrected chi connectivity index (χ4v) is 1.70. The molecule has 0 fully saturated rings. The molecular weight excluding hydrogens is 264 g/mol. The maximum Gasteiger partial charge on any atom is 0.326 e. The van der Waals surface area contributed by atoms with Gasteiger partial charge in [-0.15, -0.1) is 0 Å². The molecule has 116 valence electrons. The molecule has 0 aromatic heterocycles. The minimum absolute atomic E-state index is 0.0898. The van der Waals surface area contributed by atoms with E-state index in [1.807, 2.05) is 6.92 Å². The van der Waals surface area contributed by atoms with Crippen molar-refractivity contribution in [2.45, 2.75) is 58.5 Å². The number of urea groups is 1.